The van der Waals surface area contributed by atoms with Gasteiger partial charge in [-0.1, -0.05) is 34.1 Å². The van der Waals surface area contributed by atoms with Crippen LogP contribution < -0.4 is 5.32 Å². The summed E-state index contributed by atoms with van der Waals surface area (Å²) in [6.45, 7) is 7.25. The van der Waals surface area contributed by atoms with Crippen LogP contribution in [0.1, 0.15) is 22.3 Å². The number of rotatable bonds is 3. The first-order valence-electron chi connectivity index (χ1n) is 6.12. The van der Waals surface area contributed by atoms with E-state index in [0.29, 0.717) is 0 Å². The second kappa shape index (κ2) is 5.57. The SMILES string of the molecule is Cc1ccc(NCc2ccc(Br)c(C)c2)cc1C. The highest BCUT2D eigenvalue weighted by atomic mass is 79.9. The van der Waals surface area contributed by atoms with Crippen LogP contribution in [-0.4, -0.2) is 0 Å². The molecule has 1 nitrogen and oxygen atoms in total. The average Bonchev–Trinajstić information content (AvgIpc) is 2.35. The highest BCUT2D eigenvalue weighted by Gasteiger charge is 1.99. The van der Waals surface area contributed by atoms with Crippen LogP contribution in [0.25, 0.3) is 0 Å². The minimum Gasteiger partial charge on any atom is -0.381 e. The lowest BCUT2D eigenvalue weighted by Gasteiger charge is -2.10. The van der Waals surface area contributed by atoms with Crippen LogP contribution in [0.5, 0.6) is 0 Å². The number of hydrogen-bond acceptors (Lipinski definition) is 1. The summed E-state index contributed by atoms with van der Waals surface area (Å²) in [6, 6.07) is 12.9. The summed E-state index contributed by atoms with van der Waals surface area (Å²) in [4.78, 5) is 0. The minimum absolute atomic E-state index is 0.858. The van der Waals surface area contributed by atoms with Crippen LogP contribution in [0.3, 0.4) is 0 Å². The summed E-state index contributed by atoms with van der Waals surface area (Å²) in [6.07, 6.45) is 0. The summed E-state index contributed by atoms with van der Waals surface area (Å²) < 4.78 is 1.16. The predicted octanol–water partition coefficient (Wildman–Crippen LogP) is 4.99. The fraction of sp³-hybridized carbons (Fsp3) is 0.250. The summed E-state index contributed by atoms with van der Waals surface area (Å²) in [5, 5.41) is 3.46. The molecule has 1 N–H and O–H groups in total. The van der Waals surface area contributed by atoms with Crippen molar-refractivity contribution >= 4 is 21.6 Å². The van der Waals surface area contributed by atoms with Gasteiger partial charge in [-0.3, -0.25) is 0 Å². The largest absolute Gasteiger partial charge is 0.381 e. The van der Waals surface area contributed by atoms with E-state index in [1.807, 2.05) is 0 Å². The van der Waals surface area contributed by atoms with Crippen molar-refractivity contribution in [1.82, 2.24) is 0 Å². The molecule has 0 saturated carbocycles. The Kier molecular flexibility index (Phi) is 4.07. The number of benzene rings is 2. The van der Waals surface area contributed by atoms with Gasteiger partial charge in [-0.05, 0) is 61.2 Å². The van der Waals surface area contributed by atoms with E-state index in [9.17, 15) is 0 Å². The molecule has 0 radical (unpaired) electrons. The normalized spacial score (nSPS) is 10.4. The zero-order chi connectivity index (χ0) is 13.1. The second-order valence-electron chi connectivity index (χ2n) is 4.74. The highest BCUT2D eigenvalue weighted by molar-refractivity contribution is 9.10. The van der Waals surface area contributed by atoms with Gasteiger partial charge in [-0.2, -0.15) is 0 Å². The summed E-state index contributed by atoms with van der Waals surface area (Å²) in [7, 11) is 0. The Morgan fingerprint density at radius 3 is 2.33 bits per heavy atom. The topological polar surface area (TPSA) is 12.0 Å². The molecule has 2 heteroatoms. The van der Waals surface area contributed by atoms with Crippen molar-refractivity contribution in [2.75, 3.05) is 5.32 Å². The fourth-order valence-corrected chi connectivity index (χ4v) is 2.12. The third-order valence-electron chi connectivity index (χ3n) is 3.23. The van der Waals surface area contributed by atoms with Gasteiger partial charge >= 0.3 is 0 Å². The molecule has 0 fully saturated rings. The molecule has 0 aliphatic heterocycles. The minimum atomic E-state index is 0.858. The van der Waals surface area contributed by atoms with Gasteiger partial charge in [0.05, 0.1) is 0 Å². The fourth-order valence-electron chi connectivity index (χ4n) is 1.87. The van der Waals surface area contributed by atoms with Crippen LogP contribution >= 0.6 is 15.9 Å². The second-order valence-corrected chi connectivity index (χ2v) is 5.59. The third-order valence-corrected chi connectivity index (χ3v) is 4.12. The van der Waals surface area contributed by atoms with Crippen LogP contribution in [0, 0.1) is 20.8 Å². The van der Waals surface area contributed by atoms with E-state index < -0.39 is 0 Å². The average molecular weight is 304 g/mol. The third kappa shape index (κ3) is 3.14. The molecular formula is C16H18BrN. The number of aryl methyl sites for hydroxylation is 3. The number of halogens is 1. The zero-order valence-corrected chi connectivity index (χ0v) is 12.6. The number of anilines is 1. The molecular weight excluding hydrogens is 286 g/mol. The molecule has 0 bridgehead atoms. The van der Waals surface area contributed by atoms with Crippen molar-refractivity contribution < 1.29 is 0 Å². The number of nitrogens with one attached hydrogen (secondary N) is 1. The maximum absolute atomic E-state index is 3.52. The monoisotopic (exact) mass is 303 g/mol. The Balaban J connectivity index is 2.06. The van der Waals surface area contributed by atoms with Crippen molar-refractivity contribution in [1.29, 1.82) is 0 Å². The Bertz CT molecular complexity index is 510. The van der Waals surface area contributed by atoms with Gasteiger partial charge in [0, 0.05) is 16.7 Å². The first-order valence-corrected chi connectivity index (χ1v) is 6.92. The molecule has 0 saturated heterocycles. The summed E-state index contributed by atoms with van der Waals surface area (Å²) >= 11 is 3.52. The lowest BCUT2D eigenvalue weighted by molar-refractivity contribution is 1.13. The molecule has 0 heterocycles. The van der Waals surface area contributed by atoms with Crippen LogP contribution in [0.4, 0.5) is 5.69 Å². The van der Waals surface area contributed by atoms with Gasteiger partial charge in [0.25, 0.3) is 0 Å². The standard InChI is InChI=1S/C16H18BrN/c1-11-4-6-15(9-12(11)2)18-10-14-5-7-16(17)13(3)8-14/h4-9,18H,10H2,1-3H3. The van der Waals surface area contributed by atoms with E-state index in [1.54, 1.807) is 0 Å². The van der Waals surface area contributed by atoms with Crippen molar-refractivity contribution in [3.05, 3.63) is 63.1 Å². The van der Waals surface area contributed by atoms with E-state index in [2.05, 4.69) is 78.4 Å². The smallest absolute Gasteiger partial charge is 0.0400 e. The molecule has 0 atom stereocenters. The first-order chi connectivity index (χ1) is 8.56. The molecule has 94 valence electrons. The summed E-state index contributed by atoms with van der Waals surface area (Å²) in [5.41, 5.74) is 6.41. The van der Waals surface area contributed by atoms with E-state index in [-0.39, 0.29) is 0 Å². The number of hydrogen-bond donors (Lipinski definition) is 1. The predicted molar refractivity (Wildman–Crippen MR) is 82.1 cm³/mol. The molecule has 2 rings (SSSR count). The molecule has 0 aliphatic carbocycles. The van der Waals surface area contributed by atoms with Gasteiger partial charge in [-0.25, -0.2) is 0 Å². The molecule has 0 amide bonds. The Morgan fingerprint density at radius 1 is 0.889 bits per heavy atom. The van der Waals surface area contributed by atoms with Crippen LogP contribution in [-0.2, 0) is 6.54 Å². The van der Waals surface area contributed by atoms with Gasteiger partial charge < -0.3 is 5.32 Å². The Hall–Kier alpha value is -1.28. The maximum Gasteiger partial charge on any atom is 0.0400 e. The first kappa shape index (κ1) is 13.2. The van der Waals surface area contributed by atoms with E-state index in [1.165, 1.54) is 27.9 Å². The maximum atomic E-state index is 3.52. The van der Waals surface area contributed by atoms with Crippen molar-refractivity contribution in [2.45, 2.75) is 27.3 Å². The van der Waals surface area contributed by atoms with Gasteiger partial charge in [0.1, 0.15) is 0 Å². The molecule has 2 aromatic carbocycles. The molecule has 18 heavy (non-hydrogen) atoms. The molecule has 0 aromatic heterocycles. The van der Waals surface area contributed by atoms with Gasteiger partial charge in [0.15, 0.2) is 0 Å². The van der Waals surface area contributed by atoms with Crippen molar-refractivity contribution in [3.8, 4) is 0 Å². The highest BCUT2D eigenvalue weighted by Crippen LogP contribution is 2.19. The zero-order valence-electron chi connectivity index (χ0n) is 11.0. The van der Waals surface area contributed by atoms with Gasteiger partial charge in [0.2, 0.25) is 0 Å². The molecule has 0 spiro atoms. The van der Waals surface area contributed by atoms with Crippen LogP contribution in [0.15, 0.2) is 40.9 Å². The quantitative estimate of drug-likeness (QED) is 0.842. The van der Waals surface area contributed by atoms with Gasteiger partial charge in [-0.15, -0.1) is 0 Å². The van der Waals surface area contributed by atoms with Crippen molar-refractivity contribution in [2.24, 2.45) is 0 Å². The Morgan fingerprint density at radius 2 is 1.67 bits per heavy atom. The molecule has 2 aromatic rings. The van der Waals surface area contributed by atoms with E-state index >= 15 is 0 Å². The molecule has 0 unspecified atom stereocenters. The lowest BCUT2D eigenvalue weighted by Crippen LogP contribution is -2.00. The molecule has 0 aliphatic rings. The van der Waals surface area contributed by atoms with E-state index in [0.717, 1.165) is 11.0 Å². The Labute approximate surface area is 117 Å². The van der Waals surface area contributed by atoms with E-state index in [4.69, 9.17) is 0 Å². The van der Waals surface area contributed by atoms with Crippen molar-refractivity contribution in [3.63, 3.8) is 0 Å². The van der Waals surface area contributed by atoms with Crippen LogP contribution in [0.2, 0.25) is 0 Å². The summed E-state index contributed by atoms with van der Waals surface area (Å²) in [5.74, 6) is 0. The lowest BCUT2D eigenvalue weighted by atomic mass is 10.1.